The number of piperidine rings is 1. The van der Waals surface area contributed by atoms with Gasteiger partial charge in [0.15, 0.2) is 0 Å². The molecule has 2 fully saturated rings. The van der Waals surface area contributed by atoms with Crippen molar-refractivity contribution in [3.63, 3.8) is 0 Å². The molecule has 1 atom stereocenters. The topological polar surface area (TPSA) is 52.7 Å². The van der Waals surface area contributed by atoms with Crippen LogP contribution < -0.4 is 5.32 Å². The van der Waals surface area contributed by atoms with Crippen molar-refractivity contribution < 1.29 is 8.42 Å². The number of rotatable bonds is 5. The van der Waals surface area contributed by atoms with Gasteiger partial charge in [-0.25, -0.2) is 12.7 Å². The molecule has 0 aromatic carbocycles. The Morgan fingerprint density at radius 3 is 2.42 bits per heavy atom. The molecule has 0 bridgehead atoms. The van der Waals surface area contributed by atoms with E-state index >= 15 is 0 Å². The first-order valence-corrected chi connectivity index (χ1v) is 8.94. The Balaban J connectivity index is 1.82. The summed E-state index contributed by atoms with van der Waals surface area (Å²) >= 11 is 0. The second kappa shape index (κ2) is 6.52. The van der Waals surface area contributed by atoms with Gasteiger partial charge in [0, 0.05) is 25.7 Å². The Morgan fingerprint density at radius 2 is 1.89 bits per heavy atom. The molecular weight excluding hydrogens is 262 g/mol. The SMILES string of the molecule is CN(C)CC1CCN(S(=O)(=O)CC2CCCN2)CC1. The van der Waals surface area contributed by atoms with E-state index in [9.17, 15) is 8.42 Å². The largest absolute Gasteiger partial charge is 0.313 e. The summed E-state index contributed by atoms with van der Waals surface area (Å²) in [6.45, 7) is 3.43. The van der Waals surface area contributed by atoms with Gasteiger partial charge in [-0.15, -0.1) is 0 Å². The summed E-state index contributed by atoms with van der Waals surface area (Å²) < 4.78 is 26.4. The van der Waals surface area contributed by atoms with Gasteiger partial charge in [0.05, 0.1) is 5.75 Å². The van der Waals surface area contributed by atoms with Gasteiger partial charge >= 0.3 is 0 Å². The average Bonchev–Trinajstić information content (AvgIpc) is 2.81. The van der Waals surface area contributed by atoms with E-state index in [0.29, 0.717) is 19.0 Å². The van der Waals surface area contributed by atoms with Crippen LogP contribution in [0.5, 0.6) is 0 Å². The van der Waals surface area contributed by atoms with Crippen molar-refractivity contribution in [1.82, 2.24) is 14.5 Å². The average molecular weight is 289 g/mol. The first-order chi connectivity index (χ1) is 8.97. The first-order valence-electron chi connectivity index (χ1n) is 7.33. The maximum atomic E-state index is 12.3. The van der Waals surface area contributed by atoms with Crippen LogP contribution in [-0.2, 0) is 10.0 Å². The van der Waals surface area contributed by atoms with Crippen LogP contribution in [-0.4, -0.2) is 69.7 Å². The molecule has 2 saturated heterocycles. The molecule has 6 heteroatoms. The van der Waals surface area contributed by atoms with E-state index in [1.54, 1.807) is 4.31 Å². The van der Waals surface area contributed by atoms with Crippen LogP contribution in [0.15, 0.2) is 0 Å². The Hall–Kier alpha value is -0.170. The molecule has 0 radical (unpaired) electrons. The minimum atomic E-state index is -3.06. The summed E-state index contributed by atoms with van der Waals surface area (Å²) in [7, 11) is 1.10. The van der Waals surface area contributed by atoms with Gasteiger partial charge < -0.3 is 10.2 Å². The van der Waals surface area contributed by atoms with Crippen LogP contribution in [0, 0.1) is 5.92 Å². The van der Waals surface area contributed by atoms with E-state index < -0.39 is 10.0 Å². The molecule has 0 aliphatic carbocycles. The van der Waals surface area contributed by atoms with Crippen LogP contribution in [0.25, 0.3) is 0 Å². The molecule has 0 saturated carbocycles. The summed E-state index contributed by atoms with van der Waals surface area (Å²) in [5.41, 5.74) is 0. The van der Waals surface area contributed by atoms with Crippen molar-refractivity contribution in [1.29, 1.82) is 0 Å². The normalized spacial score (nSPS) is 27.2. The van der Waals surface area contributed by atoms with Crippen LogP contribution in [0.4, 0.5) is 0 Å². The zero-order chi connectivity index (χ0) is 13.9. The molecule has 0 spiro atoms. The molecule has 0 amide bonds. The molecule has 1 N–H and O–H groups in total. The Kier molecular flexibility index (Phi) is 5.22. The zero-order valence-corrected chi connectivity index (χ0v) is 13.0. The van der Waals surface area contributed by atoms with Crippen LogP contribution in [0.1, 0.15) is 25.7 Å². The zero-order valence-electron chi connectivity index (χ0n) is 12.1. The number of sulfonamides is 1. The predicted octanol–water partition coefficient (Wildman–Crippen LogP) is 0.342. The summed E-state index contributed by atoms with van der Waals surface area (Å²) in [5.74, 6) is 0.928. The second-order valence-electron chi connectivity index (χ2n) is 6.18. The predicted molar refractivity (Wildman–Crippen MR) is 77.7 cm³/mol. The van der Waals surface area contributed by atoms with E-state index in [4.69, 9.17) is 0 Å². The monoisotopic (exact) mass is 289 g/mol. The molecule has 1 unspecified atom stereocenters. The molecule has 0 aromatic heterocycles. The van der Waals surface area contributed by atoms with Crippen molar-refractivity contribution in [2.45, 2.75) is 31.7 Å². The highest BCUT2D eigenvalue weighted by molar-refractivity contribution is 7.89. The van der Waals surface area contributed by atoms with Crippen LogP contribution >= 0.6 is 0 Å². The second-order valence-corrected chi connectivity index (χ2v) is 8.19. The van der Waals surface area contributed by atoms with Crippen molar-refractivity contribution in [2.24, 2.45) is 5.92 Å². The van der Waals surface area contributed by atoms with Crippen molar-refractivity contribution >= 4 is 10.0 Å². The van der Waals surface area contributed by atoms with E-state index in [0.717, 1.165) is 38.8 Å². The summed E-state index contributed by atoms with van der Waals surface area (Å²) in [4.78, 5) is 2.19. The highest BCUT2D eigenvalue weighted by Crippen LogP contribution is 2.21. The minimum Gasteiger partial charge on any atom is -0.313 e. The molecule has 2 aliphatic heterocycles. The summed E-state index contributed by atoms with van der Waals surface area (Å²) in [6.07, 6.45) is 4.09. The number of nitrogens with one attached hydrogen (secondary N) is 1. The fraction of sp³-hybridized carbons (Fsp3) is 1.00. The van der Waals surface area contributed by atoms with E-state index in [1.165, 1.54) is 0 Å². The highest BCUT2D eigenvalue weighted by Gasteiger charge is 2.31. The molecular formula is C13H27N3O2S. The van der Waals surface area contributed by atoms with Crippen LogP contribution in [0.3, 0.4) is 0 Å². The number of hydrogen-bond donors (Lipinski definition) is 1. The Bertz CT molecular complexity index is 369. The molecule has 2 aliphatic rings. The Morgan fingerprint density at radius 1 is 1.21 bits per heavy atom. The quantitative estimate of drug-likeness (QED) is 0.793. The third-order valence-electron chi connectivity index (χ3n) is 4.16. The van der Waals surface area contributed by atoms with Gasteiger partial charge in [-0.05, 0) is 52.2 Å². The third kappa shape index (κ3) is 4.41. The first kappa shape index (κ1) is 15.2. The molecule has 19 heavy (non-hydrogen) atoms. The number of nitrogens with zero attached hydrogens (tertiary/aromatic N) is 2. The standard InChI is InChI=1S/C13H27N3O2S/c1-15(2)10-12-5-8-16(9-6-12)19(17,18)11-13-4-3-7-14-13/h12-14H,3-11H2,1-2H3. The van der Waals surface area contributed by atoms with Gasteiger partial charge in [0.1, 0.15) is 0 Å². The van der Waals surface area contributed by atoms with E-state index in [2.05, 4.69) is 24.3 Å². The van der Waals surface area contributed by atoms with Gasteiger partial charge in [0.25, 0.3) is 0 Å². The lowest BCUT2D eigenvalue weighted by Gasteiger charge is -2.33. The fourth-order valence-electron chi connectivity index (χ4n) is 3.15. The summed E-state index contributed by atoms with van der Waals surface area (Å²) in [6, 6.07) is 0.171. The smallest absolute Gasteiger partial charge is 0.215 e. The third-order valence-corrected chi connectivity index (χ3v) is 6.14. The van der Waals surface area contributed by atoms with Crippen molar-refractivity contribution in [2.75, 3.05) is 46.0 Å². The lowest BCUT2D eigenvalue weighted by Crippen LogP contribution is -2.44. The van der Waals surface area contributed by atoms with E-state index in [1.807, 2.05) is 0 Å². The van der Waals surface area contributed by atoms with Gasteiger partial charge in [-0.1, -0.05) is 0 Å². The van der Waals surface area contributed by atoms with Crippen molar-refractivity contribution in [3.8, 4) is 0 Å². The molecule has 112 valence electrons. The Labute approximate surface area is 117 Å². The lowest BCUT2D eigenvalue weighted by molar-refractivity contribution is 0.224. The van der Waals surface area contributed by atoms with Gasteiger partial charge in [0.2, 0.25) is 10.0 Å². The van der Waals surface area contributed by atoms with Crippen LogP contribution in [0.2, 0.25) is 0 Å². The van der Waals surface area contributed by atoms with Gasteiger partial charge in [-0.2, -0.15) is 0 Å². The summed E-state index contributed by atoms with van der Waals surface area (Å²) in [5, 5.41) is 3.27. The maximum absolute atomic E-state index is 12.3. The lowest BCUT2D eigenvalue weighted by atomic mass is 9.98. The molecule has 2 rings (SSSR count). The van der Waals surface area contributed by atoms with Gasteiger partial charge in [-0.3, -0.25) is 0 Å². The maximum Gasteiger partial charge on any atom is 0.215 e. The van der Waals surface area contributed by atoms with Crippen molar-refractivity contribution in [3.05, 3.63) is 0 Å². The van der Waals surface area contributed by atoms with E-state index in [-0.39, 0.29) is 11.8 Å². The fourth-order valence-corrected chi connectivity index (χ4v) is 4.92. The number of hydrogen-bond acceptors (Lipinski definition) is 4. The molecule has 2 heterocycles. The molecule has 0 aromatic rings. The molecule has 5 nitrogen and oxygen atoms in total. The minimum absolute atomic E-state index is 0.171. The highest BCUT2D eigenvalue weighted by atomic mass is 32.2.